The lowest BCUT2D eigenvalue weighted by atomic mass is 10.2. The van der Waals surface area contributed by atoms with Gasteiger partial charge < -0.3 is 0 Å². The van der Waals surface area contributed by atoms with Crippen LogP contribution in [-0.4, -0.2) is 15.7 Å². The van der Waals surface area contributed by atoms with Gasteiger partial charge in [0, 0.05) is 6.54 Å². The highest BCUT2D eigenvalue weighted by atomic mass is 32.2. The summed E-state index contributed by atoms with van der Waals surface area (Å²) in [4.78, 5) is 4.38. The number of para-hydroxylation sites is 1. The fourth-order valence-electron chi connectivity index (χ4n) is 1.71. The van der Waals surface area contributed by atoms with E-state index in [-0.39, 0.29) is 0 Å². The molecule has 0 aliphatic carbocycles. The third-order valence-corrected chi connectivity index (χ3v) is 5.11. The summed E-state index contributed by atoms with van der Waals surface area (Å²) in [6.07, 6.45) is 4.74. The Morgan fingerprint density at radius 2 is 2.11 bits per heavy atom. The van der Waals surface area contributed by atoms with E-state index in [1.54, 1.807) is 0 Å². The van der Waals surface area contributed by atoms with Crippen molar-refractivity contribution in [3.05, 3.63) is 24.3 Å². The Kier molecular flexibility index (Phi) is 5.28. The Morgan fingerprint density at radius 3 is 2.89 bits per heavy atom. The molecular formula is C13H18N2OS2. The standard InChI is InChI=1S/C13H18N2OS2/c1-2-3-4-7-10-14-18(16)13-15-11-8-5-6-9-12(11)17-13/h5-6,8-9,14H,2-4,7,10H2,1H3. The van der Waals surface area contributed by atoms with Crippen LogP contribution in [-0.2, 0) is 11.0 Å². The van der Waals surface area contributed by atoms with Gasteiger partial charge in [-0.25, -0.2) is 13.9 Å². The number of benzene rings is 1. The van der Waals surface area contributed by atoms with E-state index in [1.165, 1.54) is 30.6 Å². The summed E-state index contributed by atoms with van der Waals surface area (Å²) in [5.74, 6) is 0. The molecule has 1 N–H and O–H groups in total. The maximum atomic E-state index is 12.0. The SMILES string of the molecule is CCCCCCNS(=O)c1nc2ccccc2s1. The molecule has 0 spiro atoms. The molecule has 1 unspecified atom stereocenters. The van der Waals surface area contributed by atoms with Gasteiger partial charge in [0.05, 0.1) is 10.2 Å². The Hall–Kier alpha value is -0.780. The highest BCUT2D eigenvalue weighted by Crippen LogP contribution is 2.23. The first-order chi connectivity index (χ1) is 8.81. The van der Waals surface area contributed by atoms with Crippen molar-refractivity contribution < 1.29 is 4.21 Å². The van der Waals surface area contributed by atoms with Crippen LogP contribution in [0.25, 0.3) is 10.2 Å². The fourth-order valence-corrected chi connectivity index (χ4v) is 3.79. The van der Waals surface area contributed by atoms with Gasteiger partial charge in [0.2, 0.25) is 0 Å². The van der Waals surface area contributed by atoms with Gasteiger partial charge in [0.15, 0.2) is 15.3 Å². The molecule has 0 amide bonds. The van der Waals surface area contributed by atoms with Crippen molar-refractivity contribution in [2.75, 3.05) is 6.54 Å². The quantitative estimate of drug-likeness (QED) is 0.790. The Bertz CT molecular complexity index is 491. The van der Waals surface area contributed by atoms with E-state index in [9.17, 15) is 4.21 Å². The second-order valence-electron chi connectivity index (χ2n) is 4.17. The van der Waals surface area contributed by atoms with Crippen LogP contribution in [0.3, 0.4) is 0 Å². The van der Waals surface area contributed by atoms with Crippen molar-refractivity contribution >= 4 is 32.5 Å². The first kappa shape index (κ1) is 13.6. The van der Waals surface area contributed by atoms with Gasteiger partial charge in [-0.15, -0.1) is 11.3 Å². The van der Waals surface area contributed by atoms with E-state index in [0.29, 0.717) is 4.34 Å². The molecule has 0 aliphatic heterocycles. The molecular weight excluding hydrogens is 264 g/mol. The predicted molar refractivity (Wildman–Crippen MR) is 78.2 cm³/mol. The molecule has 0 saturated heterocycles. The largest absolute Gasteiger partial charge is 0.235 e. The maximum absolute atomic E-state index is 12.0. The number of thiazole rings is 1. The van der Waals surface area contributed by atoms with Gasteiger partial charge in [0.1, 0.15) is 0 Å². The van der Waals surface area contributed by atoms with E-state index < -0.39 is 11.0 Å². The van der Waals surface area contributed by atoms with Crippen molar-refractivity contribution in [1.82, 2.24) is 9.71 Å². The Morgan fingerprint density at radius 1 is 1.28 bits per heavy atom. The number of hydrogen-bond acceptors (Lipinski definition) is 3. The molecule has 0 saturated carbocycles. The van der Waals surface area contributed by atoms with Crippen molar-refractivity contribution in [1.29, 1.82) is 0 Å². The Balaban J connectivity index is 1.88. The number of aromatic nitrogens is 1. The van der Waals surface area contributed by atoms with E-state index in [0.717, 1.165) is 23.2 Å². The summed E-state index contributed by atoms with van der Waals surface area (Å²) < 4.78 is 16.8. The highest BCUT2D eigenvalue weighted by Gasteiger charge is 2.09. The predicted octanol–water partition coefficient (Wildman–Crippen LogP) is 3.49. The summed E-state index contributed by atoms with van der Waals surface area (Å²) in [7, 11) is -1.16. The maximum Gasteiger partial charge on any atom is 0.197 e. The average Bonchev–Trinajstić information content (AvgIpc) is 2.82. The smallest absolute Gasteiger partial charge is 0.197 e. The van der Waals surface area contributed by atoms with Crippen molar-refractivity contribution in [3.63, 3.8) is 0 Å². The lowest BCUT2D eigenvalue weighted by Crippen LogP contribution is -2.18. The normalized spacial score (nSPS) is 12.9. The van der Waals surface area contributed by atoms with Crippen molar-refractivity contribution in [2.24, 2.45) is 0 Å². The van der Waals surface area contributed by atoms with Gasteiger partial charge in [0.25, 0.3) is 0 Å². The van der Waals surface area contributed by atoms with E-state index >= 15 is 0 Å². The lowest BCUT2D eigenvalue weighted by molar-refractivity contribution is 0.641. The third-order valence-electron chi connectivity index (χ3n) is 2.70. The van der Waals surface area contributed by atoms with Gasteiger partial charge >= 0.3 is 0 Å². The average molecular weight is 282 g/mol. The minimum atomic E-state index is -1.16. The molecule has 2 rings (SSSR count). The molecule has 3 nitrogen and oxygen atoms in total. The molecule has 0 bridgehead atoms. The molecule has 5 heteroatoms. The number of nitrogens with one attached hydrogen (secondary N) is 1. The molecule has 18 heavy (non-hydrogen) atoms. The van der Waals surface area contributed by atoms with Crippen LogP contribution in [0.4, 0.5) is 0 Å². The number of hydrogen-bond donors (Lipinski definition) is 1. The van der Waals surface area contributed by atoms with Crippen molar-refractivity contribution in [2.45, 2.75) is 36.9 Å². The summed E-state index contributed by atoms with van der Waals surface area (Å²) in [6.45, 7) is 2.98. The number of nitrogens with zero attached hydrogens (tertiary/aromatic N) is 1. The zero-order chi connectivity index (χ0) is 12.8. The van der Waals surface area contributed by atoms with Crippen LogP contribution < -0.4 is 4.72 Å². The van der Waals surface area contributed by atoms with Crippen LogP contribution in [0.1, 0.15) is 32.6 Å². The first-order valence-corrected chi connectivity index (χ1v) is 8.28. The van der Waals surface area contributed by atoms with Gasteiger partial charge in [-0.2, -0.15) is 0 Å². The molecule has 0 fully saturated rings. The molecule has 1 aromatic carbocycles. The van der Waals surface area contributed by atoms with Crippen LogP contribution in [0.2, 0.25) is 0 Å². The minimum Gasteiger partial charge on any atom is -0.235 e. The number of fused-ring (bicyclic) bond motifs is 1. The van der Waals surface area contributed by atoms with E-state index in [2.05, 4.69) is 16.6 Å². The van der Waals surface area contributed by atoms with E-state index in [4.69, 9.17) is 0 Å². The zero-order valence-electron chi connectivity index (χ0n) is 10.5. The molecule has 1 atom stereocenters. The fraction of sp³-hybridized carbons (Fsp3) is 0.462. The summed E-state index contributed by atoms with van der Waals surface area (Å²) in [6, 6.07) is 7.89. The van der Waals surface area contributed by atoms with Gasteiger partial charge in [-0.1, -0.05) is 38.3 Å². The number of unbranched alkanes of at least 4 members (excludes halogenated alkanes) is 3. The second-order valence-corrected chi connectivity index (χ2v) is 6.67. The van der Waals surface area contributed by atoms with Gasteiger partial charge in [-0.3, -0.25) is 0 Å². The monoisotopic (exact) mass is 282 g/mol. The molecule has 2 aromatic rings. The van der Waals surface area contributed by atoms with Crippen LogP contribution >= 0.6 is 11.3 Å². The third kappa shape index (κ3) is 3.60. The van der Waals surface area contributed by atoms with Crippen LogP contribution in [0.5, 0.6) is 0 Å². The molecule has 1 aromatic heterocycles. The van der Waals surface area contributed by atoms with Crippen LogP contribution in [0, 0.1) is 0 Å². The summed E-state index contributed by atoms with van der Waals surface area (Å²) in [5, 5.41) is 0. The Labute approximate surface area is 114 Å². The molecule has 0 aliphatic rings. The summed E-state index contributed by atoms with van der Waals surface area (Å²) in [5.41, 5.74) is 0.929. The van der Waals surface area contributed by atoms with Crippen molar-refractivity contribution in [3.8, 4) is 0 Å². The lowest BCUT2D eigenvalue weighted by Gasteiger charge is -2.01. The molecule has 0 radical (unpaired) electrons. The first-order valence-electron chi connectivity index (χ1n) is 6.32. The van der Waals surface area contributed by atoms with Crippen LogP contribution in [0.15, 0.2) is 28.6 Å². The van der Waals surface area contributed by atoms with E-state index in [1.807, 2.05) is 24.3 Å². The molecule has 1 heterocycles. The topological polar surface area (TPSA) is 42.0 Å². The zero-order valence-corrected chi connectivity index (χ0v) is 12.1. The number of rotatable bonds is 7. The van der Waals surface area contributed by atoms with Gasteiger partial charge in [-0.05, 0) is 18.6 Å². The highest BCUT2D eigenvalue weighted by molar-refractivity contribution is 7.85. The molecule has 98 valence electrons. The summed E-state index contributed by atoms with van der Waals surface area (Å²) >= 11 is 1.50. The second kappa shape index (κ2) is 6.97. The minimum absolute atomic E-state index is 0.673.